The summed E-state index contributed by atoms with van der Waals surface area (Å²) in [6.07, 6.45) is -2.94. The van der Waals surface area contributed by atoms with Crippen LogP contribution in [0.2, 0.25) is 0 Å². The first-order valence-corrected chi connectivity index (χ1v) is 4.40. The number of halogens is 4. The van der Waals surface area contributed by atoms with E-state index in [1.165, 1.54) is 12.1 Å². The molecule has 0 saturated heterocycles. The fourth-order valence-electron chi connectivity index (χ4n) is 1.21. The number of benzene rings is 1. The average molecular weight is 240 g/mol. The molecule has 0 saturated carbocycles. The molecule has 0 heterocycles. The van der Waals surface area contributed by atoms with Crippen molar-refractivity contribution in [3.05, 3.63) is 35.4 Å². The molecule has 0 unspecified atom stereocenters. The lowest BCUT2D eigenvalue weighted by Gasteiger charge is -2.08. The van der Waals surface area contributed by atoms with Crippen molar-refractivity contribution in [1.29, 1.82) is 0 Å². The standard InChI is InChI=1S/C10H12F3N.ClH/c11-10(12,13)9-5-1-3-8(7-9)4-2-6-14;/h1,3,5,7H,2,4,6,14H2;1H. The molecule has 5 heteroatoms. The maximum Gasteiger partial charge on any atom is 0.416 e. The van der Waals surface area contributed by atoms with Crippen molar-refractivity contribution in [2.45, 2.75) is 19.0 Å². The van der Waals surface area contributed by atoms with Crippen LogP contribution in [-0.4, -0.2) is 6.54 Å². The Bertz CT molecular complexity index is 299. The molecular formula is C10H13ClF3N. The van der Waals surface area contributed by atoms with E-state index in [4.69, 9.17) is 5.73 Å². The largest absolute Gasteiger partial charge is 0.416 e. The molecule has 2 N–H and O–H groups in total. The topological polar surface area (TPSA) is 26.0 Å². The van der Waals surface area contributed by atoms with E-state index in [1.807, 2.05) is 0 Å². The lowest BCUT2D eigenvalue weighted by atomic mass is 10.1. The Morgan fingerprint density at radius 2 is 1.87 bits per heavy atom. The van der Waals surface area contributed by atoms with E-state index in [9.17, 15) is 13.2 Å². The maximum absolute atomic E-state index is 12.3. The highest BCUT2D eigenvalue weighted by molar-refractivity contribution is 5.85. The highest BCUT2D eigenvalue weighted by Crippen LogP contribution is 2.29. The third kappa shape index (κ3) is 4.53. The summed E-state index contributed by atoms with van der Waals surface area (Å²) in [7, 11) is 0. The van der Waals surface area contributed by atoms with Gasteiger partial charge in [-0.05, 0) is 31.0 Å². The first-order chi connectivity index (χ1) is 6.54. The zero-order chi connectivity index (χ0) is 10.6. The first kappa shape index (κ1) is 14.3. The second-order valence-electron chi connectivity index (χ2n) is 3.09. The molecule has 0 aliphatic carbocycles. The molecule has 0 fully saturated rings. The minimum Gasteiger partial charge on any atom is -0.330 e. The van der Waals surface area contributed by atoms with Crippen LogP contribution in [0.15, 0.2) is 24.3 Å². The van der Waals surface area contributed by atoms with E-state index < -0.39 is 11.7 Å². The van der Waals surface area contributed by atoms with Gasteiger partial charge in [-0.25, -0.2) is 0 Å². The van der Waals surface area contributed by atoms with Crippen LogP contribution < -0.4 is 5.73 Å². The van der Waals surface area contributed by atoms with Crippen LogP contribution in [0.25, 0.3) is 0 Å². The Morgan fingerprint density at radius 3 is 2.40 bits per heavy atom. The van der Waals surface area contributed by atoms with Crippen LogP contribution in [0.5, 0.6) is 0 Å². The van der Waals surface area contributed by atoms with E-state index in [0.717, 1.165) is 6.07 Å². The van der Waals surface area contributed by atoms with E-state index in [1.54, 1.807) is 6.07 Å². The van der Waals surface area contributed by atoms with Gasteiger partial charge in [0.25, 0.3) is 0 Å². The third-order valence-corrected chi connectivity index (χ3v) is 1.92. The lowest BCUT2D eigenvalue weighted by Crippen LogP contribution is -2.06. The van der Waals surface area contributed by atoms with Crippen molar-refractivity contribution in [3.63, 3.8) is 0 Å². The maximum atomic E-state index is 12.3. The van der Waals surface area contributed by atoms with Crippen LogP contribution in [0, 0.1) is 0 Å². The minimum atomic E-state index is -4.25. The van der Waals surface area contributed by atoms with Crippen molar-refractivity contribution in [2.75, 3.05) is 6.54 Å². The summed E-state index contributed by atoms with van der Waals surface area (Å²) in [5.41, 5.74) is 5.37. The first-order valence-electron chi connectivity index (χ1n) is 4.40. The molecule has 15 heavy (non-hydrogen) atoms. The number of hydrogen-bond acceptors (Lipinski definition) is 1. The SMILES string of the molecule is Cl.NCCCc1cccc(C(F)(F)F)c1. The molecule has 0 aliphatic rings. The molecular weight excluding hydrogens is 227 g/mol. The lowest BCUT2D eigenvalue weighted by molar-refractivity contribution is -0.137. The second kappa shape index (κ2) is 5.98. The molecule has 0 aliphatic heterocycles. The van der Waals surface area contributed by atoms with Gasteiger partial charge < -0.3 is 5.73 Å². The molecule has 1 aromatic carbocycles. The Morgan fingerprint density at radius 1 is 1.20 bits per heavy atom. The van der Waals surface area contributed by atoms with Crippen molar-refractivity contribution in [2.24, 2.45) is 5.73 Å². The number of rotatable bonds is 3. The molecule has 0 spiro atoms. The predicted molar refractivity (Wildman–Crippen MR) is 56.1 cm³/mol. The zero-order valence-electron chi connectivity index (χ0n) is 8.05. The summed E-state index contributed by atoms with van der Waals surface area (Å²) < 4.78 is 36.8. The monoisotopic (exact) mass is 239 g/mol. The summed E-state index contributed by atoms with van der Waals surface area (Å²) in [5.74, 6) is 0. The van der Waals surface area contributed by atoms with Crippen LogP contribution in [0.4, 0.5) is 13.2 Å². The number of aryl methyl sites for hydroxylation is 1. The summed E-state index contributed by atoms with van der Waals surface area (Å²) in [4.78, 5) is 0. The van der Waals surface area contributed by atoms with Gasteiger partial charge in [-0.15, -0.1) is 12.4 Å². The molecule has 1 nitrogen and oxygen atoms in total. The van der Waals surface area contributed by atoms with Gasteiger partial charge in [-0.2, -0.15) is 13.2 Å². The predicted octanol–water partition coefficient (Wildman–Crippen LogP) is 3.02. The minimum absolute atomic E-state index is 0. The summed E-state index contributed by atoms with van der Waals surface area (Å²) in [6.45, 7) is 0.496. The van der Waals surface area contributed by atoms with Crippen LogP contribution in [0.1, 0.15) is 17.5 Å². The van der Waals surface area contributed by atoms with Crippen molar-refractivity contribution < 1.29 is 13.2 Å². The van der Waals surface area contributed by atoms with Gasteiger partial charge >= 0.3 is 6.18 Å². The highest BCUT2D eigenvalue weighted by atomic mass is 35.5. The quantitative estimate of drug-likeness (QED) is 0.862. The molecule has 0 radical (unpaired) electrons. The second-order valence-corrected chi connectivity index (χ2v) is 3.09. The Labute approximate surface area is 92.9 Å². The molecule has 0 bridgehead atoms. The van der Waals surface area contributed by atoms with Crippen molar-refractivity contribution in [3.8, 4) is 0 Å². The van der Waals surface area contributed by atoms with E-state index in [0.29, 0.717) is 24.9 Å². The average Bonchev–Trinajstić information content (AvgIpc) is 2.14. The Balaban J connectivity index is 0.00000196. The molecule has 0 aromatic heterocycles. The van der Waals surface area contributed by atoms with Gasteiger partial charge in [0.2, 0.25) is 0 Å². The van der Waals surface area contributed by atoms with E-state index in [2.05, 4.69) is 0 Å². The smallest absolute Gasteiger partial charge is 0.330 e. The third-order valence-electron chi connectivity index (χ3n) is 1.92. The van der Waals surface area contributed by atoms with Crippen LogP contribution >= 0.6 is 12.4 Å². The van der Waals surface area contributed by atoms with Crippen molar-refractivity contribution >= 4 is 12.4 Å². The van der Waals surface area contributed by atoms with E-state index >= 15 is 0 Å². The summed E-state index contributed by atoms with van der Waals surface area (Å²) in [6, 6.07) is 5.36. The molecule has 1 aromatic rings. The summed E-state index contributed by atoms with van der Waals surface area (Å²) >= 11 is 0. The molecule has 86 valence electrons. The molecule has 0 atom stereocenters. The highest BCUT2D eigenvalue weighted by Gasteiger charge is 2.30. The Hall–Kier alpha value is -0.740. The number of hydrogen-bond donors (Lipinski definition) is 1. The van der Waals surface area contributed by atoms with Gasteiger partial charge in [0, 0.05) is 0 Å². The molecule has 0 amide bonds. The van der Waals surface area contributed by atoms with Crippen molar-refractivity contribution in [1.82, 2.24) is 0 Å². The van der Waals surface area contributed by atoms with E-state index in [-0.39, 0.29) is 12.4 Å². The van der Waals surface area contributed by atoms with Gasteiger partial charge in [0.15, 0.2) is 0 Å². The van der Waals surface area contributed by atoms with Crippen LogP contribution in [-0.2, 0) is 12.6 Å². The zero-order valence-corrected chi connectivity index (χ0v) is 8.87. The number of alkyl halides is 3. The van der Waals surface area contributed by atoms with Crippen LogP contribution in [0.3, 0.4) is 0 Å². The van der Waals surface area contributed by atoms with Gasteiger partial charge in [-0.1, -0.05) is 18.2 Å². The van der Waals surface area contributed by atoms with Gasteiger partial charge in [-0.3, -0.25) is 0 Å². The normalized spacial score (nSPS) is 10.9. The Kier molecular flexibility index (Phi) is 5.68. The summed E-state index contributed by atoms with van der Waals surface area (Å²) in [5, 5.41) is 0. The molecule has 1 rings (SSSR count). The fraction of sp³-hybridized carbons (Fsp3) is 0.400. The van der Waals surface area contributed by atoms with Gasteiger partial charge in [0.1, 0.15) is 0 Å². The fourth-order valence-corrected chi connectivity index (χ4v) is 1.21. The number of nitrogens with two attached hydrogens (primary N) is 1. The van der Waals surface area contributed by atoms with Gasteiger partial charge in [0.05, 0.1) is 5.56 Å².